The molecule has 0 radical (unpaired) electrons. The van der Waals surface area contributed by atoms with E-state index in [-0.39, 0.29) is 13.0 Å². The van der Waals surface area contributed by atoms with Crippen LogP contribution >= 0.6 is 0 Å². The Kier molecular flexibility index (Phi) is 5.28. The zero-order chi connectivity index (χ0) is 14.5. The molecule has 0 aromatic rings. The zero-order valence-electron chi connectivity index (χ0n) is 9.87. The van der Waals surface area contributed by atoms with E-state index in [0.717, 1.165) is 0 Å². The maximum Gasteiger partial charge on any atom is 0.333 e. The third kappa shape index (κ3) is 2.41. The first-order valence-corrected chi connectivity index (χ1v) is 5.13. The van der Waals surface area contributed by atoms with E-state index >= 15 is 0 Å². The maximum atomic E-state index is 11.5. The molecule has 0 heterocycles. The van der Waals surface area contributed by atoms with Crippen LogP contribution in [-0.2, 0) is 23.9 Å². The Hall–Kier alpha value is -2.12. The van der Waals surface area contributed by atoms with E-state index in [1.54, 1.807) is 0 Å². The molecule has 0 saturated carbocycles. The number of aliphatic carboxylic acids is 3. The molecule has 0 aromatic heterocycles. The molecule has 3 N–H and O–H groups in total. The van der Waals surface area contributed by atoms with Crippen LogP contribution in [0, 0.1) is 11.3 Å². The average Bonchev–Trinajstić information content (AvgIpc) is 2.23. The summed E-state index contributed by atoms with van der Waals surface area (Å²) in [5, 5.41) is 26.7. The van der Waals surface area contributed by atoms with Crippen molar-refractivity contribution in [2.45, 2.75) is 20.3 Å². The first-order chi connectivity index (χ1) is 8.26. The van der Waals surface area contributed by atoms with Crippen molar-refractivity contribution in [2.75, 3.05) is 6.61 Å². The fourth-order valence-electron chi connectivity index (χ4n) is 1.61. The van der Waals surface area contributed by atoms with Crippen LogP contribution in [0.1, 0.15) is 20.3 Å². The minimum Gasteiger partial charge on any atom is -0.480 e. The lowest BCUT2D eigenvalue weighted by Gasteiger charge is -2.27. The number of hydrogen-bond donors (Lipinski definition) is 3. The molecular formula is C10H14O8. The molecule has 0 amide bonds. The Labute approximate surface area is 102 Å². The molecule has 8 heteroatoms. The molecule has 0 spiro atoms. The minimum atomic E-state index is -3.24. The van der Waals surface area contributed by atoms with E-state index in [4.69, 9.17) is 15.3 Å². The van der Waals surface area contributed by atoms with Gasteiger partial charge in [0.25, 0.3) is 5.41 Å². The van der Waals surface area contributed by atoms with Crippen LogP contribution in [0.5, 0.6) is 0 Å². The van der Waals surface area contributed by atoms with Gasteiger partial charge in [0.1, 0.15) is 0 Å². The van der Waals surface area contributed by atoms with Crippen LogP contribution < -0.4 is 0 Å². The van der Waals surface area contributed by atoms with Gasteiger partial charge in [-0.25, -0.2) is 0 Å². The van der Waals surface area contributed by atoms with Gasteiger partial charge in [0, 0.05) is 0 Å². The summed E-state index contributed by atoms with van der Waals surface area (Å²) in [6.07, 6.45) is -0.288. The van der Waals surface area contributed by atoms with Crippen molar-refractivity contribution in [2.24, 2.45) is 11.3 Å². The Bertz CT molecular complexity index is 336. The van der Waals surface area contributed by atoms with Crippen molar-refractivity contribution in [3.63, 3.8) is 0 Å². The number of hydrogen-bond acceptors (Lipinski definition) is 5. The van der Waals surface area contributed by atoms with Gasteiger partial charge in [-0.2, -0.15) is 0 Å². The molecule has 0 aliphatic rings. The molecule has 1 unspecified atom stereocenters. The number of carboxylic acids is 3. The highest BCUT2D eigenvalue weighted by Crippen LogP contribution is 2.33. The van der Waals surface area contributed by atoms with Gasteiger partial charge in [0.15, 0.2) is 0 Å². The summed E-state index contributed by atoms with van der Waals surface area (Å²) < 4.78 is 4.52. The number of carbonyl (C=O) groups is 4. The summed E-state index contributed by atoms with van der Waals surface area (Å²) in [5.41, 5.74) is -3.24. The van der Waals surface area contributed by atoms with Crippen LogP contribution in [0.3, 0.4) is 0 Å². The van der Waals surface area contributed by atoms with Crippen molar-refractivity contribution in [3.05, 3.63) is 0 Å². The van der Waals surface area contributed by atoms with Crippen molar-refractivity contribution >= 4 is 23.9 Å². The molecule has 0 fully saturated rings. The number of ether oxygens (including phenoxy) is 1. The lowest BCUT2D eigenvalue weighted by molar-refractivity contribution is -0.187. The number of carboxylic acid groups (broad SMARTS) is 3. The summed E-state index contributed by atoms with van der Waals surface area (Å²) in [6, 6.07) is 0. The normalized spacial score (nSPS) is 12.6. The van der Waals surface area contributed by atoms with Crippen LogP contribution in [0.4, 0.5) is 0 Å². The van der Waals surface area contributed by atoms with Gasteiger partial charge >= 0.3 is 23.9 Å². The van der Waals surface area contributed by atoms with Gasteiger partial charge in [-0.05, 0) is 13.3 Å². The smallest absolute Gasteiger partial charge is 0.333 e. The van der Waals surface area contributed by atoms with E-state index in [2.05, 4.69) is 4.74 Å². The van der Waals surface area contributed by atoms with E-state index in [0.29, 0.717) is 0 Å². The first-order valence-electron chi connectivity index (χ1n) is 5.13. The molecule has 0 saturated heterocycles. The summed E-state index contributed by atoms with van der Waals surface area (Å²) in [6.45, 7) is 2.64. The van der Waals surface area contributed by atoms with E-state index in [9.17, 15) is 19.2 Å². The Morgan fingerprint density at radius 1 is 1.00 bits per heavy atom. The third-order valence-corrected chi connectivity index (χ3v) is 2.51. The fourth-order valence-corrected chi connectivity index (χ4v) is 1.61. The summed E-state index contributed by atoms with van der Waals surface area (Å²) in [5.74, 6) is -9.29. The zero-order valence-corrected chi connectivity index (χ0v) is 9.87. The van der Waals surface area contributed by atoms with Gasteiger partial charge in [-0.3, -0.25) is 19.2 Å². The standard InChI is InChI=1S/C10H14O8/c1-3-5(6(11)18-4-2)10(7(12)13,8(14)15)9(16)17/h5H,3-4H2,1-2H3,(H,12,13)(H,14,15)(H,16,17). The summed E-state index contributed by atoms with van der Waals surface area (Å²) >= 11 is 0. The molecule has 0 aromatic carbocycles. The lowest BCUT2D eigenvalue weighted by Crippen LogP contribution is -2.54. The number of carbonyl (C=O) groups excluding carboxylic acids is 1. The Morgan fingerprint density at radius 2 is 1.39 bits per heavy atom. The lowest BCUT2D eigenvalue weighted by atomic mass is 9.73. The summed E-state index contributed by atoms with van der Waals surface area (Å²) in [4.78, 5) is 44.7. The van der Waals surface area contributed by atoms with E-state index < -0.39 is 35.2 Å². The van der Waals surface area contributed by atoms with Crippen LogP contribution in [0.2, 0.25) is 0 Å². The van der Waals surface area contributed by atoms with Crippen molar-refractivity contribution in [1.29, 1.82) is 0 Å². The SMILES string of the molecule is CCOC(=O)C(CC)C(C(=O)O)(C(=O)O)C(=O)O. The number of rotatable bonds is 7. The van der Waals surface area contributed by atoms with Crippen LogP contribution in [-0.4, -0.2) is 45.8 Å². The highest BCUT2D eigenvalue weighted by Gasteiger charge is 2.62. The second-order valence-electron chi connectivity index (χ2n) is 3.44. The number of esters is 1. The summed E-state index contributed by atoms with van der Waals surface area (Å²) in [7, 11) is 0. The molecule has 0 aliphatic heterocycles. The van der Waals surface area contributed by atoms with Crippen molar-refractivity contribution in [1.82, 2.24) is 0 Å². The first kappa shape index (κ1) is 15.9. The predicted octanol–water partition coefficient (Wildman–Crippen LogP) is -0.184. The van der Waals surface area contributed by atoms with E-state index in [1.807, 2.05) is 0 Å². The average molecular weight is 262 g/mol. The second kappa shape index (κ2) is 5.99. The quantitative estimate of drug-likeness (QED) is 0.424. The molecule has 18 heavy (non-hydrogen) atoms. The van der Waals surface area contributed by atoms with Crippen molar-refractivity contribution in [3.8, 4) is 0 Å². The fraction of sp³-hybridized carbons (Fsp3) is 0.600. The van der Waals surface area contributed by atoms with E-state index in [1.165, 1.54) is 13.8 Å². The monoisotopic (exact) mass is 262 g/mol. The van der Waals surface area contributed by atoms with Gasteiger partial charge in [-0.1, -0.05) is 6.92 Å². The molecule has 0 bridgehead atoms. The van der Waals surface area contributed by atoms with Crippen LogP contribution in [0.25, 0.3) is 0 Å². The second-order valence-corrected chi connectivity index (χ2v) is 3.44. The topological polar surface area (TPSA) is 138 Å². The van der Waals surface area contributed by atoms with Gasteiger partial charge in [0.05, 0.1) is 12.5 Å². The van der Waals surface area contributed by atoms with Gasteiger partial charge < -0.3 is 20.1 Å². The molecule has 102 valence electrons. The molecular weight excluding hydrogens is 248 g/mol. The largest absolute Gasteiger partial charge is 0.480 e. The maximum absolute atomic E-state index is 11.5. The predicted molar refractivity (Wildman–Crippen MR) is 55.8 cm³/mol. The minimum absolute atomic E-state index is 0.107. The Balaban J connectivity index is 5.81. The molecule has 8 nitrogen and oxygen atoms in total. The molecule has 0 rings (SSSR count). The Morgan fingerprint density at radius 3 is 1.61 bits per heavy atom. The van der Waals surface area contributed by atoms with Gasteiger partial charge in [0.2, 0.25) is 0 Å². The molecule has 0 aliphatic carbocycles. The third-order valence-electron chi connectivity index (χ3n) is 2.51. The van der Waals surface area contributed by atoms with Crippen LogP contribution in [0.15, 0.2) is 0 Å². The highest BCUT2D eigenvalue weighted by molar-refractivity contribution is 6.18. The van der Waals surface area contributed by atoms with Gasteiger partial charge in [-0.15, -0.1) is 0 Å². The van der Waals surface area contributed by atoms with Crippen molar-refractivity contribution < 1.29 is 39.2 Å². The molecule has 1 atom stereocenters. The highest BCUT2D eigenvalue weighted by atomic mass is 16.5.